The first-order valence-electron chi connectivity index (χ1n) is 8.67. The zero-order valence-electron chi connectivity index (χ0n) is 15.4. The SMILES string of the molecule is CCOC(=O)CCCNC(=O)CSc1nccn1-c1ccc(C)cc1C. The molecule has 140 valence electrons. The zero-order chi connectivity index (χ0) is 18.9. The number of thioether (sulfide) groups is 1. The van der Waals surface area contributed by atoms with Gasteiger partial charge in [-0.1, -0.05) is 29.5 Å². The van der Waals surface area contributed by atoms with E-state index in [9.17, 15) is 9.59 Å². The molecule has 1 amide bonds. The van der Waals surface area contributed by atoms with Crippen LogP contribution in [0.3, 0.4) is 0 Å². The summed E-state index contributed by atoms with van der Waals surface area (Å²) < 4.78 is 6.84. The van der Waals surface area contributed by atoms with E-state index in [1.54, 1.807) is 13.1 Å². The molecule has 1 aromatic carbocycles. The molecule has 1 N–H and O–H groups in total. The Morgan fingerprint density at radius 1 is 1.31 bits per heavy atom. The second kappa shape index (κ2) is 10.0. The molecule has 0 unspecified atom stereocenters. The molecule has 0 atom stereocenters. The fourth-order valence-corrected chi connectivity index (χ4v) is 3.33. The van der Waals surface area contributed by atoms with Gasteiger partial charge in [-0.05, 0) is 38.8 Å². The average Bonchev–Trinajstić information content (AvgIpc) is 3.05. The van der Waals surface area contributed by atoms with Crippen molar-refractivity contribution in [2.75, 3.05) is 18.9 Å². The van der Waals surface area contributed by atoms with Crippen molar-refractivity contribution in [3.8, 4) is 5.69 Å². The van der Waals surface area contributed by atoms with Crippen molar-refractivity contribution < 1.29 is 14.3 Å². The molecule has 0 aliphatic rings. The van der Waals surface area contributed by atoms with E-state index in [0.29, 0.717) is 26.0 Å². The van der Waals surface area contributed by atoms with Gasteiger partial charge >= 0.3 is 5.97 Å². The summed E-state index contributed by atoms with van der Waals surface area (Å²) in [4.78, 5) is 27.6. The maximum atomic E-state index is 12.0. The number of amides is 1. The van der Waals surface area contributed by atoms with Crippen LogP contribution in [0, 0.1) is 13.8 Å². The highest BCUT2D eigenvalue weighted by atomic mass is 32.2. The second-order valence-electron chi connectivity index (χ2n) is 5.92. The summed E-state index contributed by atoms with van der Waals surface area (Å²) in [6.45, 7) is 6.75. The Bertz CT molecular complexity index is 758. The molecule has 2 rings (SSSR count). The van der Waals surface area contributed by atoms with Crippen LogP contribution in [0.4, 0.5) is 0 Å². The number of carbonyl (C=O) groups is 2. The lowest BCUT2D eigenvalue weighted by Gasteiger charge is -2.11. The third-order valence-corrected chi connectivity index (χ3v) is 4.70. The molecule has 0 bridgehead atoms. The van der Waals surface area contributed by atoms with Gasteiger partial charge < -0.3 is 10.1 Å². The van der Waals surface area contributed by atoms with Crippen molar-refractivity contribution in [2.45, 2.75) is 38.8 Å². The van der Waals surface area contributed by atoms with Crippen LogP contribution < -0.4 is 5.32 Å². The van der Waals surface area contributed by atoms with Crippen LogP contribution in [0.5, 0.6) is 0 Å². The lowest BCUT2D eigenvalue weighted by Crippen LogP contribution is -2.26. The van der Waals surface area contributed by atoms with Crippen molar-refractivity contribution in [1.29, 1.82) is 0 Å². The number of rotatable bonds is 9. The molecule has 7 heteroatoms. The molecule has 6 nitrogen and oxygen atoms in total. The third-order valence-electron chi connectivity index (χ3n) is 3.74. The minimum absolute atomic E-state index is 0.0750. The number of benzene rings is 1. The first-order valence-corrected chi connectivity index (χ1v) is 9.66. The van der Waals surface area contributed by atoms with E-state index in [2.05, 4.69) is 42.3 Å². The predicted octanol–water partition coefficient (Wildman–Crippen LogP) is 3.04. The van der Waals surface area contributed by atoms with E-state index in [1.807, 2.05) is 10.8 Å². The van der Waals surface area contributed by atoms with Gasteiger partial charge in [0.1, 0.15) is 0 Å². The highest BCUT2D eigenvalue weighted by Gasteiger charge is 2.11. The van der Waals surface area contributed by atoms with Crippen molar-refractivity contribution >= 4 is 23.6 Å². The maximum Gasteiger partial charge on any atom is 0.305 e. The molecule has 0 fully saturated rings. The summed E-state index contributed by atoms with van der Waals surface area (Å²) in [5, 5.41) is 3.59. The Kier molecular flexibility index (Phi) is 7.72. The number of ether oxygens (including phenoxy) is 1. The summed E-state index contributed by atoms with van der Waals surface area (Å²) in [6, 6.07) is 6.25. The fraction of sp³-hybridized carbons (Fsp3) is 0.421. The number of nitrogens with zero attached hydrogens (tertiary/aromatic N) is 2. The van der Waals surface area contributed by atoms with Gasteiger partial charge in [0.25, 0.3) is 0 Å². The van der Waals surface area contributed by atoms with Crippen molar-refractivity contribution in [3.63, 3.8) is 0 Å². The van der Waals surface area contributed by atoms with Gasteiger partial charge in [0.2, 0.25) is 5.91 Å². The van der Waals surface area contributed by atoms with Gasteiger partial charge in [0, 0.05) is 25.4 Å². The molecule has 0 saturated heterocycles. The minimum Gasteiger partial charge on any atom is -0.466 e. The fourth-order valence-electron chi connectivity index (χ4n) is 2.53. The van der Waals surface area contributed by atoms with E-state index in [-0.39, 0.29) is 17.6 Å². The van der Waals surface area contributed by atoms with Gasteiger partial charge in [-0.2, -0.15) is 0 Å². The quantitative estimate of drug-likeness (QED) is 0.414. The molecule has 0 radical (unpaired) electrons. The van der Waals surface area contributed by atoms with Gasteiger partial charge in [-0.25, -0.2) is 4.98 Å². The minimum atomic E-state index is -0.230. The first kappa shape index (κ1) is 20.0. The highest BCUT2D eigenvalue weighted by Crippen LogP contribution is 2.23. The maximum absolute atomic E-state index is 12.0. The second-order valence-corrected chi connectivity index (χ2v) is 6.86. The summed E-state index contributed by atoms with van der Waals surface area (Å²) >= 11 is 1.39. The van der Waals surface area contributed by atoms with Crippen LogP contribution in [-0.4, -0.2) is 40.3 Å². The van der Waals surface area contributed by atoms with Gasteiger partial charge in [-0.3, -0.25) is 14.2 Å². The third kappa shape index (κ3) is 5.91. The van der Waals surface area contributed by atoms with Crippen molar-refractivity contribution in [1.82, 2.24) is 14.9 Å². The molecular weight excluding hydrogens is 350 g/mol. The summed E-state index contributed by atoms with van der Waals surface area (Å²) in [5.74, 6) is -0.0259. The molecule has 1 heterocycles. The van der Waals surface area contributed by atoms with Crippen LogP contribution in [0.25, 0.3) is 5.69 Å². The topological polar surface area (TPSA) is 73.2 Å². The summed E-state index contributed by atoms with van der Waals surface area (Å²) in [6.07, 6.45) is 4.53. The lowest BCUT2D eigenvalue weighted by molar-refractivity contribution is -0.143. The average molecular weight is 375 g/mol. The van der Waals surface area contributed by atoms with Crippen LogP contribution in [0.2, 0.25) is 0 Å². The van der Waals surface area contributed by atoms with Crippen LogP contribution in [0.15, 0.2) is 35.7 Å². The normalized spacial score (nSPS) is 10.6. The van der Waals surface area contributed by atoms with Crippen molar-refractivity contribution in [2.24, 2.45) is 0 Å². The molecule has 1 aromatic heterocycles. The number of nitrogens with one attached hydrogen (secondary N) is 1. The number of aryl methyl sites for hydroxylation is 2. The number of esters is 1. The Balaban J connectivity index is 1.82. The number of aromatic nitrogens is 2. The van der Waals surface area contributed by atoms with Gasteiger partial charge in [0.05, 0.1) is 18.0 Å². The number of hydrogen-bond acceptors (Lipinski definition) is 5. The Hall–Kier alpha value is -2.28. The van der Waals surface area contributed by atoms with E-state index >= 15 is 0 Å². The van der Waals surface area contributed by atoms with E-state index < -0.39 is 0 Å². The Morgan fingerprint density at radius 3 is 2.85 bits per heavy atom. The molecule has 2 aromatic rings. The smallest absolute Gasteiger partial charge is 0.305 e. The predicted molar refractivity (Wildman–Crippen MR) is 103 cm³/mol. The molecule has 0 aliphatic heterocycles. The zero-order valence-corrected chi connectivity index (χ0v) is 16.3. The monoisotopic (exact) mass is 375 g/mol. The summed E-state index contributed by atoms with van der Waals surface area (Å²) in [5.41, 5.74) is 3.43. The van der Waals surface area contributed by atoms with E-state index in [4.69, 9.17) is 4.74 Å². The number of imidazole rings is 1. The van der Waals surface area contributed by atoms with Gasteiger partial charge in [0.15, 0.2) is 5.16 Å². The summed E-state index contributed by atoms with van der Waals surface area (Å²) in [7, 11) is 0. The molecule has 0 spiro atoms. The standard InChI is InChI=1S/C19H25N3O3S/c1-4-25-18(24)6-5-9-20-17(23)13-26-19-21-10-11-22(19)16-8-7-14(2)12-15(16)3/h7-8,10-12H,4-6,9,13H2,1-3H3,(H,20,23). The highest BCUT2D eigenvalue weighted by molar-refractivity contribution is 7.99. The largest absolute Gasteiger partial charge is 0.466 e. The van der Waals surface area contributed by atoms with Crippen LogP contribution in [0.1, 0.15) is 30.9 Å². The van der Waals surface area contributed by atoms with Crippen LogP contribution >= 0.6 is 11.8 Å². The van der Waals surface area contributed by atoms with E-state index in [1.165, 1.54) is 17.3 Å². The molecule has 0 aliphatic carbocycles. The van der Waals surface area contributed by atoms with Gasteiger partial charge in [-0.15, -0.1) is 0 Å². The Labute approximate surface area is 158 Å². The van der Waals surface area contributed by atoms with Crippen LogP contribution in [-0.2, 0) is 14.3 Å². The molecular formula is C19H25N3O3S. The number of carbonyl (C=O) groups excluding carboxylic acids is 2. The molecule has 0 saturated carbocycles. The van der Waals surface area contributed by atoms with Crippen molar-refractivity contribution in [3.05, 3.63) is 41.7 Å². The lowest BCUT2D eigenvalue weighted by atomic mass is 10.1. The first-order chi connectivity index (χ1) is 12.5. The molecule has 26 heavy (non-hydrogen) atoms. The number of hydrogen-bond donors (Lipinski definition) is 1. The van der Waals surface area contributed by atoms with E-state index in [0.717, 1.165) is 16.4 Å². The Morgan fingerprint density at radius 2 is 2.12 bits per heavy atom.